The SMILES string of the molecule is Cc1ccc(C)c(/C(O)=C2\C(=O)C(=O)N(C3CCCC3)C2c2ccc(N(C)C)cc2)c1. The van der Waals surface area contributed by atoms with Crippen LogP contribution < -0.4 is 4.90 Å². The van der Waals surface area contributed by atoms with E-state index in [2.05, 4.69) is 0 Å². The minimum atomic E-state index is -0.591. The lowest BCUT2D eigenvalue weighted by molar-refractivity contribution is -0.141. The average Bonchev–Trinajstić information content (AvgIpc) is 3.36. The van der Waals surface area contributed by atoms with Crippen molar-refractivity contribution < 1.29 is 14.7 Å². The monoisotopic (exact) mass is 418 g/mol. The highest BCUT2D eigenvalue weighted by Crippen LogP contribution is 2.44. The van der Waals surface area contributed by atoms with Gasteiger partial charge in [0.15, 0.2) is 0 Å². The van der Waals surface area contributed by atoms with Gasteiger partial charge in [0.25, 0.3) is 11.7 Å². The summed E-state index contributed by atoms with van der Waals surface area (Å²) in [6.07, 6.45) is 3.89. The van der Waals surface area contributed by atoms with Crippen molar-refractivity contribution >= 4 is 23.1 Å². The maximum atomic E-state index is 13.2. The molecule has 4 rings (SSSR count). The van der Waals surface area contributed by atoms with Crippen molar-refractivity contribution in [2.45, 2.75) is 51.6 Å². The number of amides is 1. The quantitative estimate of drug-likeness (QED) is 0.443. The Morgan fingerprint density at radius 2 is 1.65 bits per heavy atom. The number of aliphatic hydroxyl groups excluding tert-OH is 1. The zero-order valence-electron chi connectivity index (χ0n) is 18.7. The van der Waals surface area contributed by atoms with E-state index in [1.54, 1.807) is 4.90 Å². The van der Waals surface area contributed by atoms with Gasteiger partial charge in [-0.15, -0.1) is 0 Å². The van der Waals surface area contributed by atoms with Gasteiger partial charge in [-0.1, -0.05) is 42.7 Å². The molecular weight excluding hydrogens is 388 g/mol. The summed E-state index contributed by atoms with van der Waals surface area (Å²) < 4.78 is 0. The van der Waals surface area contributed by atoms with Crippen LogP contribution >= 0.6 is 0 Å². The molecule has 2 aliphatic rings. The van der Waals surface area contributed by atoms with E-state index in [9.17, 15) is 14.7 Å². The van der Waals surface area contributed by atoms with Gasteiger partial charge in [-0.2, -0.15) is 0 Å². The maximum Gasteiger partial charge on any atom is 0.295 e. The van der Waals surface area contributed by atoms with Crippen LogP contribution in [0.4, 0.5) is 5.69 Å². The van der Waals surface area contributed by atoms with Crippen LogP contribution in [-0.2, 0) is 9.59 Å². The Kier molecular flexibility index (Phi) is 5.61. The molecule has 0 bridgehead atoms. The summed E-state index contributed by atoms with van der Waals surface area (Å²) >= 11 is 0. The van der Waals surface area contributed by atoms with Gasteiger partial charge in [0, 0.05) is 31.4 Å². The van der Waals surface area contributed by atoms with E-state index in [0.717, 1.165) is 48.1 Å². The Balaban J connectivity index is 1.90. The van der Waals surface area contributed by atoms with E-state index < -0.39 is 17.7 Å². The summed E-state index contributed by atoms with van der Waals surface area (Å²) in [7, 11) is 3.94. The Bertz CT molecular complexity index is 1050. The summed E-state index contributed by atoms with van der Waals surface area (Å²) in [5.41, 5.74) is 4.56. The first-order chi connectivity index (χ1) is 14.8. The van der Waals surface area contributed by atoms with Crippen molar-refractivity contribution in [2.75, 3.05) is 19.0 Å². The van der Waals surface area contributed by atoms with E-state index in [0.29, 0.717) is 5.56 Å². The summed E-state index contributed by atoms with van der Waals surface area (Å²) in [5, 5.41) is 11.3. The topological polar surface area (TPSA) is 60.9 Å². The van der Waals surface area contributed by atoms with Gasteiger partial charge in [-0.3, -0.25) is 9.59 Å². The lowest BCUT2D eigenvalue weighted by Gasteiger charge is -2.31. The summed E-state index contributed by atoms with van der Waals surface area (Å²) in [6.45, 7) is 3.85. The Morgan fingerprint density at radius 1 is 1.00 bits per heavy atom. The number of Topliss-reactive ketones (excluding diaryl/α,β-unsaturated/α-hetero) is 1. The molecule has 1 unspecified atom stereocenters. The van der Waals surface area contributed by atoms with E-state index in [1.807, 2.05) is 75.3 Å². The van der Waals surface area contributed by atoms with Gasteiger partial charge in [-0.05, 0) is 56.0 Å². The first kappa shape index (κ1) is 21.2. The molecule has 5 heteroatoms. The number of rotatable bonds is 4. The molecule has 2 aromatic rings. The van der Waals surface area contributed by atoms with E-state index in [4.69, 9.17) is 0 Å². The van der Waals surface area contributed by atoms with Crippen LogP contribution in [0.2, 0.25) is 0 Å². The number of aryl methyl sites for hydroxylation is 2. The molecule has 1 saturated carbocycles. The third-order valence-corrected chi connectivity index (χ3v) is 6.57. The molecule has 2 fully saturated rings. The molecule has 5 nitrogen and oxygen atoms in total. The van der Waals surface area contributed by atoms with Crippen molar-refractivity contribution in [3.05, 3.63) is 70.3 Å². The van der Waals surface area contributed by atoms with Crippen LogP contribution in [-0.4, -0.2) is 41.8 Å². The molecule has 1 heterocycles. The van der Waals surface area contributed by atoms with Crippen molar-refractivity contribution in [1.82, 2.24) is 4.90 Å². The second-order valence-electron chi connectivity index (χ2n) is 8.95. The molecule has 0 aromatic heterocycles. The molecular formula is C26H30N2O3. The fourth-order valence-corrected chi connectivity index (χ4v) is 4.83. The number of hydrogen-bond acceptors (Lipinski definition) is 4. The second kappa shape index (κ2) is 8.22. The Hall–Kier alpha value is -3.08. The first-order valence-corrected chi connectivity index (χ1v) is 10.9. The molecule has 2 aromatic carbocycles. The summed E-state index contributed by atoms with van der Waals surface area (Å²) in [5.74, 6) is -1.17. The molecule has 1 atom stereocenters. The minimum absolute atomic E-state index is 0.0267. The molecule has 31 heavy (non-hydrogen) atoms. The number of benzene rings is 2. The van der Waals surface area contributed by atoms with E-state index in [1.165, 1.54) is 0 Å². The minimum Gasteiger partial charge on any atom is -0.507 e. The Labute approximate surface area is 184 Å². The number of nitrogens with zero attached hydrogens (tertiary/aromatic N) is 2. The fourth-order valence-electron chi connectivity index (χ4n) is 4.83. The van der Waals surface area contributed by atoms with Crippen LogP contribution in [0.25, 0.3) is 5.76 Å². The molecule has 162 valence electrons. The van der Waals surface area contributed by atoms with Gasteiger partial charge in [-0.25, -0.2) is 0 Å². The van der Waals surface area contributed by atoms with Crippen LogP contribution in [0.15, 0.2) is 48.0 Å². The van der Waals surface area contributed by atoms with Crippen LogP contribution in [0.1, 0.15) is 54.0 Å². The number of ketones is 1. The highest BCUT2D eigenvalue weighted by Gasteiger charge is 2.49. The zero-order valence-corrected chi connectivity index (χ0v) is 18.7. The van der Waals surface area contributed by atoms with E-state index >= 15 is 0 Å². The van der Waals surface area contributed by atoms with Gasteiger partial charge in [0.2, 0.25) is 0 Å². The molecule has 1 aliphatic heterocycles. The summed E-state index contributed by atoms with van der Waals surface area (Å²) in [6, 6.07) is 13.1. The van der Waals surface area contributed by atoms with Gasteiger partial charge >= 0.3 is 0 Å². The number of carbonyl (C=O) groups excluding carboxylic acids is 2. The fraction of sp³-hybridized carbons (Fsp3) is 0.385. The summed E-state index contributed by atoms with van der Waals surface area (Å²) in [4.78, 5) is 30.1. The van der Waals surface area contributed by atoms with Crippen LogP contribution in [0, 0.1) is 13.8 Å². The van der Waals surface area contributed by atoms with Crippen LogP contribution in [0.5, 0.6) is 0 Å². The Morgan fingerprint density at radius 3 is 2.26 bits per heavy atom. The maximum absolute atomic E-state index is 13.2. The number of likely N-dealkylation sites (tertiary alicyclic amines) is 1. The number of hydrogen-bond donors (Lipinski definition) is 1. The number of anilines is 1. The standard InChI is InChI=1S/C26H30N2O3/c1-16-9-10-17(2)21(15-16)24(29)22-23(18-11-13-19(14-12-18)27(3)4)28(26(31)25(22)30)20-7-5-6-8-20/h9-15,20,23,29H,5-8H2,1-4H3/b24-22+. The lowest BCUT2D eigenvalue weighted by Crippen LogP contribution is -2.37. The molecule has 1 aliphatic carbocycles. The molecule has 1 amide bonds. The third-order valence-electron chi connectivity index (χ3n) is 6.57. The number of carbonyl (C=O) groups is 2. The first-order valence-electron chi connectivity index (χ1n) is 10.9. The highest BCUT2D eigenvalue weighted by molar-refractivity contribution is 6.46. The van der Waals surface area contributed by atoms with Gasteiger partial charge in [0.05, 0.1) is 11.6 Å². The second-order valence-corrected chi connectivity index (χ2v) is 8.95. The largest absolute Gasteiger partial charge is 0.507 e. The molecule has 1 N–H and O–H groups in total. The van der Waals surface area contributed by atoms with Crippen molar-refractivity contribution in [2.24, 2.45) is 0 Å². The smallest absolute Gasteiger partial charge is 0.295 e. The lowest BCUT2D eigenvalue weighted by atomic mass is 9.92. The average molecular weight is 419 g/mol. The third kappa shape index (κ3) is 3.73. The van der Waals surface area contributed by atoms with E-state index in [-0.39, 0.29) is 17.4 Å². The highest BCUT2D eigenvalue weighted by atomic mass is 16.3. The normalized spacial score (nSPS) is 21.2. The van der Waals surface area contributed by atoms with Crippen molar-refractivity contribution in [3.8, 4) is 0 Å². The zero-order chi connectivity index (χ0) is 22.3. The predicted octanol–water partition coefficient (Wildman–Crippen LogP) is 4.73. The van der Waals surface area contributed by atoms with Crippen molar-refractivity contribution in [3.63, 3.8) is 0 Å². The van der Waals surface area contributed by atoms with Gasteiger partial charge in [0.1, 0.15) is 5.76 Å². The predicted molar refractivity (Wildman–Crippen MR) is 123 cm³/mol. The van der Waals surface area contributed by atoms with Gasteiger partial charge < -0.3 is 14.9 Å². The molecule has 0 spiro atoms. The van der Waals surface area contributed by atoms with Crippen LogP contribution in [0.3, 0.4) is 0 Å². The van der Waals surface area contributed by atoms with Crippen molar-refractivity contribution in [1.29, 1.82) is 0 Å². The molecule has 0 radical (unpaired) electrons. The molecule has 1 saturated heterocycles. The number of aliphatic hydroxyl groups is 1.